The standard InChI is InChI=1S/C26H37N5O2S/c1-4-23(11-9-17-32-2)28-13-7-8-14-29-26(24-12-6-5-10-22(24)20-27)30-25(21-34-3)31-15-18-33-19-16-31/h4-12,20,27-28H,13-19,21H2,1-3H3/b8-7+,11-9-,23-4+,27-20?,29-26?,30-25?. The molecule has 0 saturated carbocycles. The van der Waals surface area contributed by atoms with E-state index < -0.39 is 0 Å². The van der Waals surface area contributed by atoms with Crippen LogP contribution in [-0.4, -0.2) is 87.9 Å². The number of allylic oxidation sites excluding steroid dienone is 2. The largest absolute Gasteiger partial charge is 0.382 e. The molecule has 1 aliphatic heterocycles. The second-order valence-electron chi connectivity index (χ2n) is 7.41. The molecule has 0 unspecified atom stereocenters. The summed E-state index contributed by atoms with van der Waals surface area (Å²) >= 11 is 1.74. The van der Waals surface area contributed by atoms with Crippen molar-refractivity contribution in [2.75, 3.05) is 65.1 Å². The molecule has 0 amide bonds. The predicted octanol–water partition coefficient (Wildman–Crippen LogP) is 3.78. The van der Waals surface area contributed by atoms with E-state index in [4.69, 9.17) is 24.9 Å². The van der Waals surface area contributed by atoms with Crippen LogP contribution < -0.4 is 5.32 Å². The van der Waals surface area contributed by atoms with Gasteiger partial charge in [-0.3, -0.25) is 4.99 Å². The Labute approximate surface area is 208 Å². The second kappa shape index (κ2) is 16.9. The van der Waals surface area contributed by atoms with Crippen molar-refractivity contribution in [2.45, 2.75) is 6.92 Å². The summed E-state index contributed by atoms with van der Waals surface area (Å²) in [5, 5.41) is 11.2. The number of benzene rings is 1. The van der Waals surface area contributed by atoms with E-state index in [2.05, 4.69) is 22.5 Å². The molecule has 2 rings (SSSR count). The fraction of sp³-hybridized carbons (Fsp3) is 0.423. The Kier molecular flexibility index (Phi) is 13.7. The number of nitrogens with one attached hydrogen (secondary N) is 2. The Hall–Kier alpha value is -2.68. The van der Waals surface area contributed by atoms with E-state index in [1.54, 1.807) is 18.9 Å². The maximum absolute atomic E-state index is 7.82. The van der Waals surface area contributed by atoms with Gasteiger partial charge in [0, 0.05) is 49.8 Å². The second-order valence-corrected chi connectivity index (χ2v) is 8.28. The number of methoxy groups -OCH3 is 1. The first-order chi connectivity index (χ1) is 16.7. The molecule has 1 aliphatic rings. The molecular formula is C26H37N5O2S. The Balaban J connectivity index is 2.17. The van der Waals surface area contributed by atoms with Gasteiger partial charge in [0.05, 0.1) is 32.1 Å². The van der Waals surface area contributed by atoms with Crippen LogP contribution in [0.5, 0.6) is 0 Å². The number of rotatable bonds is 12. The first-order valence-corrected chi connectivity index (χ1v) is 12.9. The normalized spacial score (nSPS) is 16.0. The maximum atomic E-state index is 7.82. The SMILES string of the molecule is C/C=C(\C=C/COC)NC/C=C/CN=C(N=C(CSC)N1CCOCC1)c1ccccc1C=N. The van der Waals surface area contributed by atoms with Crippen molar-refractivity contribution >= 4 is 29.6 Å². The van der Waals surface area contributed by atoms with Gasteiger partial charge in [-0.05, 0) is 19.3 Å². The highest BCUT2D eigenvalue weighted by Gasteiger charge is 2.17. The van der Waals surface area contributed by atoms with Crippen molar-refractivity contribution in [1.29, 1.82) is 5.41 Å². The Morgan fingerprint density at radius 1 is 1.24 bits per heavy atom. The number of amidine groups is 2. The first kappa shape index (κ1) is 27.6. The lowest BCUT2D eigenvalue weighted by Crippen LogP contribution is -2.42. The Morgan fingerprint density at radius 3 is 2.74 bits per heavy atom. The van der Waals surface area contributed by atoms with Crippen molar-refractivity contribution in [2.24, 2.45) is 9.98 Å². The topological polar surface area (TPSA) is 82.3 Å². The smallest absolute Gasteiger partial charge is 0.157 e. The van der Waals surface area contributed by atoms with E-state index in [-0.39, 0.29) is 0 Å². The maximum Gasteiger partial charge on any atom is 0.157 e. The van der Waals surface area contributed by atoms with Crippen LogP contribution in [-0.2, 0) is 9.47 Å². The van der Waals surface area contributed by atoms with E-state index in [9.17, 15) is 0 Å². The van der Waals surface area contributed by atoms with E-state index in [0.717, 1.165) is 41.5 Å². The average molecular weight is 484 g/mol. The number of hydrogen-bond acceptors (Lipinski definition) is 6. The van der Waals surface area contributed by atoms with Gasteiger partial charge in [0.25, 0.3) is 0 Å². The quantitative estimate of drug-likeness (QED) is 0.205. The summed E-state index contributed by atoms with van der Waals surface area (Å²) in [4.78, 5) is 12.1. The third-order valence-corrected chi connectivity index (χ3v) is 5.60. The molecule has 1 aromatic rings. The van der Waals surface area contributed by atoms with Gasteiger partial charge in [0.1, 0.15) is 5.84 Å². The summed E-state index contributed by atoms with van der Waals surface area (Å²) < 4.78 is 10.6. The number of ether oxygens (including phenoxy) is 2. The molecule has 0 spiro atoms. The van der Waals surface area contributed by atoms with Crippen molar-refractivity contribution in [3.8, 4) is 0 Å². The molecule has 1 saturated heterocycles. The first-order valence-electron chi connectivity index (χ1n) is 11.5. The van der Waals surface area contributed by atoms with Gasteiger partial charge in [0.15, 0.2) is 5.84 Å². The molecule has 2 N–H and O–H groups in total. The highest BCUT2D eigenvalue weighted by atomic mass is 32.2. The van der Waals surface area contributed by atoms with Crippen molar-refractivity contribution in [1.82, 2.24) is 10.2 Å². The van der Waals surface area contributed by atoms with Gasteiger partial charge >= 0.3 is 0 Å². The number of nitrogens with zero attached hydrogens (tertiary/aromatic N) is 3. The molecule has 1 fully saturated rings. The zero-order chi connectivity index (χ0) is 24.4. The third-order valence-electron chi connectivity index (χ3n) is 5.05. The van der Waals surface area contributed by atoms with E-state index in [1.807, 2.05) is 55.5 Å². The third kappa shape index (κ3) is 9.67. The van der Waals surface area contributed by atoms with E-state index in [0.29, 0.717) is 38.7 Å². The molecule has 34 heavy (non-hydrogen) atoms. The summed E-state index contributed by atoms with van der Waals surface area (Å²) in [6, 6.07) is 7.80. The highest BCUT2D eigenvalue weighted by molar-refractivity contribution is 7.99. The van der Waals surface area contributed by atoms with Crippen LogP contribution >= 0.6 is 11.8 Å². The average Bonchev–Trinajstić information content (AvgIpc) is 2.88. The van der Waals surface area contributed by atoms with Crippen LogP contribution in [0.3, 0.4) is 0 Å². The van der Waals surface area contributed by atoms with E-state index >= 15 is 0 Å². The highest BCUT2D eigenvalue weighted by Crippen LogP contribution is 2.12. The Bertz CT molecular complexity index is 902. The molecule has 0 aromatic heterocycles. The number of thioether (sulfide) groups is 1. The minimum absolute atomic E-state index is 0.507. The molecule has 0 bridgehead atoms. The van der Waals surface area contributed by atoms with Crippen LogP contribution in [0, 0.1) is 5.41 Å². The lowest BCUT2D eigenvalue weighted by atomic mass is 10.1. The van der Waals surface area contributed by atoms with E-state index in [1.165, 1.54) is 6.21 Å². The lowest BCUT2D eigenvalue weighted by Gasteiger charge is -2.29. The summed E-state index contributed by atoms with van der Waals surface area (Å²) in [7, 11) is 1.68. The lowest BCUT2D eigenvalue weighted by molar-refractivity contribution is 0.0680. The van der Waals surface area contributed by atoms with Crippen molar-refractivity contribution < 1.29 is 9.47 Å². The van der Waals surface area contributed by atoms with Crippen LogP contribution in [0.2, 0.25) is 0 Å². The minimum Gasteiger partial charge on any atom is -0.382 e. The molecule has 7 nitrogen and oxygen atoms in total. The summed E-state index contributed by atoms with van der Waals surface area (Å²) in [6.07, 6.45) is 13.5. The molecule has 0 radical (unpaired) electrons. The zero-order valence-electron chi connectivity index (χ0n) is 20.5. The molecule has 184 valence electrons. The molecule has 8 heteroatoms. The van der Waals surface area contributed by atoms with Crippen LogP contribution in [0.1, 0.15) is 18.1 Å². The van der Waals surface area contributed by atoms with Gasteiger partial charge in [-0.2, -0.15) is 11.8 Å². The van der Waals surface area contributed by atoms with Crippen LogP contribution in [0.25, 0.3) is 0 Å². The fourth-order valence-electron chi connectivity index (χ4n) is 3.28. The predicted molar refractivity (Wildman–Crippen MR) is 146 cm³/mol. The molecule has 0 aliphatic carbocycles. The van der Waals surface area contributed by atoms with Gasteiger partial charge in [0.2, 0.25) is 0 Å². The summed E-state index contributed by atoms with van der Waals surface area (Å²) in [5.41, 5.74) is 2.72. The summed E-state index contributed by atoms with van der Waals surface area (Å²) in [5.74, 6) is 2.46. The molecular weight excluding hydrogens is 446 g/mol. The van der Waals surface area contributed by atoms with Crippen molar-refractivity contribution in [3.63, 3.8) is 0 Å². The molecule has 0 atom stereocenters. The van der Waals surface area contributed by atoms with Crippen LogP contribution in [0.4, 0.5) is 0 Å². The molecule has 1 aromatic carbocycles. The fourth-order valence-corrected chi connectivity index (χ4v) is 3.78. The monoisotopic (exact) mass is 483 g/mol. The zero-order valence-corrected chi connectivity index (χ0v) is 21.3. The summed E-state index contributed by atoms with van der Waals surface area (Å²) in [6.45, 7) is 6.88. The number of morpholine rings is 1. The number of aliphatic imine (C=N–C) groups is 2. The van der Waals surface area contributed by atoms with Gasteiger partial charge in [-0.15, -0.1) is 0 Å². The van der Waals surface area contributed by atoms with Gasteiger partial charge < -0.3 is 25.1 Å². The minimum atomic E-state index is 0.507. The van der Waals surface area contributed by atoms with Crippen LogP contribution in [0.15, 0.2) is 70.3 Å². The van der Waals surface area contributed by atoms with Gasteiger partial charge in [-0.1, -0.05) is 48.6 Å². The van der Waals surface area contributed by atoms with Crippen molar-refractivity contribution in [3.05, 3.63) is 71.5 Å². The molecule has 1 heterocycles. The number of hydrogen-bond donors (Lipinski definition) is 2. The van der Waals surface area contributed by atoms with Gasteiger partial charge in [-0.25, -0.2) is 4.99 Å². The Morgan fingerprint density at radius 2 is 2.03 bits per heavy atom.